The van der Waals surface area contributed by atoms with Crippen LogP contribution < -0.4 is 10.6 Å². The third kappa shape index (κ3) is 7.11. The van der Waals surface area contributed by atoms with Gasteiger partial charge in [-0.05, 0) is 17.9 Å². The van der Waals surface area contributed by atoms with E-state index in [-0.39, 0.29) is 25.2 Å². The molecule has 118 valence electrons. The molecule has 2 atom stereocenters. The highest BCUT2D eigenvalue weighted by atomic mass is 16.5. The molecule has 0 aliphatic rings. The van der Waals surface area contributed by atoms with Crippen LogP contribution in [-0.4, -0.2) is 37.5 Å². The highest BCUT2D eigenvalue weighted by molar-refractivity contribution is 5.74. The van der Waals surface area contributed by atoms with Crippen molar-refractivity contribution in [2.75, 3.05) is 20.3 Å². The fourth-order valence-electron chi connectivity index (χ4n) is 2.11. The molecule has 0 radical (unpaired) electrons. The molecule has 21 heavy (non-hydrogen) atoms. The smallest absolute Gasteiger partial charge is 0.315 e. The fourth-order valence-corrected chi connectivity index (χ4v) is 2.11. The molecule has 1 aromatic rings. The number of urea groups is 1. The third-order valence-corrected chi connectivity index (χ3v) is 3.07. The molecule has 0 aliphatic carbocycles. The average Bonchev–Trinajstić information content (AvgIpc) is 2.45. The third-order valence-electron chi connectivity index (χ3n) is 3.07. The lowest BCUT2D eigenvalue weighted by molar-refractivity contribution is 0.0659. The first-order chi connectivity index (χ1) is 10.0. The van der Waals surface area contributed by atoms with Crippen molar-refractivity contribution in [3.63, 3.8) is 0 Å². The average molecular weight is 294 g/mol. The second-order valence-electron chi connectivity index (χ2n) is 5.56. The number of nitrogens with one attached hydrogen (secondary N) is 2. The van der Waals surface area contributed by atoms with Gasteiger partial charge in [0.1, 0.15) is 0 Å². The maximum Gasteiger partial charge on any atom is 0.315 e. The standard InChI is InChI=1S/C16H26N2O3/c1-12(2)9-15(13-7-5-4-6-8-13)18-16(20)17-10-14(19)11-21-3/h4-8,12,14-15,19H,9-11H2,1-3H3,(H2,17,18,20). The lowest BCUT2D eigenvalue weighted by Gasteiger charge is -2.22. The van der Waals surface area contributed by atoms with Crippen LogP contribution in [0, 0.1) is 5.92 Å². The van der Waals surface area contributed by atoms with Gasteiger partial charge in [0.05, 0.1) is 18.8 Å². The number of hydrogen-bond donors (Lipinski definition) is 3. The van der Waals surface area contributed by atoms with E-state index in [9.17, 15) is 9.90 Å². The maximum atomic E-state index is 11.9. The SMILES string of the molecule is COCC(O)CNC(=O)NC(CC(C)C)c1ccccc1. The van der Waals surface area contributed by atoms with Gasteiger partial charge in [-0.1, -0.05) is 44.2 Å². The Morgan fingerprint density at radius 3 is 2.52 bits per heavy atom. The molecule has 2 unspecified atom stereocenters. The summed E-state index contributed by atoms with van der Waals surface area (Å²) in [6, 6.07) is 9.58. The Kier molecular flexibility index (Phi) is 7.79. The maximum absolute atomic E-state index is 11.9. The van der Waals surface area contributed by atoms with Crippen molar-refractivity contribution in [1.29, 1.82) is 0 Å². The summed E-state index contributed by atoms with van der Waals surface area (Å²) >= 11 is 0. The molecule has 2 amide bonds. The van der Waals surface area contributed by atoms with E-state index < -0.39 is 6.10 Å². The second-order valence-corrected chi connectivity index (χ2v) is 5.56. The van der Waals surface area contributed by atoms with Gasteiger partial charge in [0.2, 0.25) is 0 Å². The summed E-state index contributed by atoms with van der Waals surface area (Å²) in [5.41, 5.74) is 1.08. The van der Waals surface area contributed by atoms with Crippen LogP contribution in [0.3, 0.4) is 0 Å². The van der Waals surface area contributed by atoms with E-state index in [0.29, 0.717) is 5.92 Å². The number of carbonyl (C=O) groups is 1. The zero-order valence-corrected chi connectivity index (χ0v) is 13.0. The molecule has 0 fully saturated rings. The van der Waals surface area contributed by atoms with Crippen LogP contribution in [-0.2, 0) is 4.74 Å². The van der Waals surface area contributed by atoms with Crippen LogP contribution in [0.1, 0.15) is 31.9 Å². The monoisotopic (exact) mass is 294 g/mol. The Balaban J connectivity index is 2.54. The molecule has 0 saturated heterocycles. The number of rotatable bonds is 8. The molecular formula is C16H26N2O3. The molecule has 5 nitrogen and oxygen atoms in total. The van der Waals surface area contributed by atoms with E-state index in [1.807, 2.05) is 30.3 Å². The number of methoxy groups -OCH3 is 1. The van der Waals surface area contributed by atoms with Crippen LogP contribution in [0.5, 0.6) is 0 Å². The Morgan fingerprint density at radius 2 is 1.95 bits per heavy atom. The Bertz CT molecular complexity index is 409. The number of ether oxygens (including phenoxy) is 1. The summed E-state index contributed by atoms with van der Waals surface area (Å²) in [5, 5.41) is 15.1. The van der Waals surface area contributed by atoms with Gasteiger partial charge in [0.15, 0.2) is 0 Å². The quantitative estimate of drug-likeness (QED) is 0.687. The molecule has 0 heterocycles. The normalized spacial score (nSPS) is 13.8. The minimum absolute atomic E-state index is 0.0363. The lowest BCUT2D eigenvalue weighted by Crippen LogP contribution is -2.42. The van der Waals surface area contributed by atoms with E-state index in [1.165, 1.54) is 7.11 Å². The molecule has 1 aromatic carbocycles. The Labute approximate surface area is 126 Å². The number of aliphatic hydroxyl groups excluding tert-OH is 1. The Hall–Kier alpha value is -1.59. The minimum Gasteiger partial charge on any atom is -0.389 e. The molecule has 5 heteroatoms. The van der Waals surface area contributed by atoms with Crippen LogP contribution in [0.4, 0.5) is 4.79 Å². The molecule has 0 aromatic heterocycles. The molecule has 0 aliphatic heterocycles. The minimum atomic E-state index is -0.693. The number of hydrogen-bond acceptors (Lipinski definition) is 3. The Morgan fingerprint density at radius 1 is 1.29 bits per heavy atom. The van der Waals surface area contributed by atoms with Gasteiger partial charge < -0.3 is 20.5 Å². The predicted octanol–water partition coefficient (Wildman–Crippen LogP) is 2.08. The van der Waals surface area contributed by atoms with E-state index in [0.717, 1.165) is 12.0 Å². The van der Waals surface area contributed by atoms with Gasteiger partial charge in [-0.2, -0.15) is 0 Å². The summed E-state index contributed by atoms with van der Waals surface area (Å²) in [5.74, 6) is 0.467. The molecule has 1 rings (SSSR count). The number of carbonyl (C=O) groups excluding carboxylic acids is 1. The zero-order chi connectivity index (χ0) is 15.7. The van der Waals surface area contributed by atoms with Crippen LogP contribution >= 0.6 is 0 Å². The van der Waals surface area contributed by atoms with Crippen LogP contribution in [0.15, 0.2) is 30.3 Å². The lowest BCUT2D eigenvalue weighted by atomic mass is 9.97. The highest BCUT2D eigenvalue weighted by Gasteiger charge is 2.16. The molecule has 0 spiro atoms. The number of amides is 2. The van der Waals surface area contributed by atoms with Crippen molar-refractivity contribution in [2.24, 2.45) is 5.92 Å². The van der Waals surface area contributed by atoms with Crippen molar-refractivity contribution in [3.05, 3.63) is 35.9 Å². The largest absolute Gasteiger partial charge is 0.389 e. The first-order valence-corrected chi connectivity index (χ1v) is 7.29. The van der Waals surface area contributed by atoms with Gasteiger partial charge in [-0.15, -0.1) is 0 Å². The van der Waals surface area contributed by atoms with Crippen molar-refractivity contribution in [2.45, 2.75) is 32.4 Å². The fraction of sp³-hybridized carbons (Fsp3) is 0.562. The van der Waals surface area contributed by atoms with Crippen LogP contribution in [0.25, 0.3) is 0 Å². The van der Waals surface area contributed by atoms with E-state index in [2.05, 4.69) is 24.5 Å². The topological polar surface area (TPSA) is 70.6 Å². The van der Waals surface area contributed by atoms with Crippen LogP contribution in [0.2, 0.25) is 0 Å². The zero-order valence-electron chi connectivity index (χ0n) is 13.0. The van der Waals surface area contributed by atoms with Gasteiger partial charge in [0.25, 0.3) is 0 Å². The molecule has 0 bridgehead atoms. The van der Waals surface area contributed by atoms with Crippen molar-refractivity contribution in [1.82, 2.24) is 10.6 Å². The van der Waals surface area contributed by atoms with Crippen molar-refractivity contribution >= 4 is 6.03 Å². The molecular weight excluding hydrogens is 268 g/mol. The predicted molar refractivity (Wildman–Crippen MR) is 83.1 cm³/mol. The highest BCUT2D eigenvalue weighted by Crippen LogP contribution is 2.20. The van der Waals surface area contributed by atoms with E-state index >= 15 is 0 Å². The first kappa shape index (κ1) is 17.5. The van der Waals surface area contributed by atoms with Gasteiger partial charge in [0, 0.05) is 13.7 Å². The van der Waals surface area contributed by atoms with E-state index in [1.54, 1.807) is 0 Å². The summed E-state index contributed by atoms with van der Waals surface area (Å²) < 4.78 is 4.82. The van der Waals surface area contributed by atoms with Crippen molar-refractivity contribution in [3.8, 4) is 0 Å². The summed E-state index contributed by atoms with van der Waals surface area (Å²) in [7, 11) is 1.51. The van der Waals surface area contributed by atoms with E-state index in [4.69, 9.17) is 4.74 Å². The second kappa shape index (κ2) is 9.37. The first-order valence-electron chi connectivity index (χ1n) is 7.29. The number of benzene rings is 1. The molecule has 3 N–H and O–H groups in total. The summed E-state index contributed by atoms with van der Waals surface area (Å²) in [6.45, 7) is 4.62. The number of aliphatic hydroxyl groups is 1. The summed E-state index contributed by atoms with van der Waals surface area (Å²) in [6.07, 6.45) is 0.166. The van der Waals surface area contributed by atoms with Crippen molar-refractivity contribution < 1.29 is 14.6 Å². The van der Waals surface area contributed by atoms with Gasteiger partial charge in [-0.25, -0.2) is 4.79 Å². The summed E-state index contributed by atoms with van der Waals surface area (Å²) in [4.78, 5) is 11.9. The molecule has 0 saturated carbocycles. The van der Waals surface area contributed by atoms with Gasteiger partial charge in [-0.3, -0.25) is 0 Å². The van der Waals surface area contributed by atoms with Gasteiger partial charge >= 0.3 is 6.03 Å².